The molecule has 3 rings (SSSR count). The molecule has 0 bridgehead atoms. The van der Waals surface area contributed by atoms with Crippen molar-refractivity contribution in [3.05, 3.63) is 82.2 Å². The number of hydrogen-bond donors (Lipinski definition) is 1. The molecule has 2 aromatic carbocycles. The Morgan fingerprint density at radius 3 is 2.41 bits per heavy atom. The van der Waals surface area contributed by atoms with Crippen LogP contribution in [0.5, 0.6) is 0 Å². The highest BCUT2D eigenvalue weighted by atomic mass is 16.6. The van der Waals surface area contributed by atoms with Crippen LogP contribution < -0.4 is 0 Å². The fourth-order valence-corrected chi connectivity index (χ4v) is 3.23. The van der Waals surface area contributed by atoms with E-state index in [2.05, 4.69) is 10.0 Å². The van der Waals surface area contributed by atoms with Crippen molar-refractivity contribution in [1.29, 1.82) is 0 Å². The predicted molar refractivity (Wildman–Crippen MR) is 107 cm³/mol. The van der Waals surface area contributed by atoms with Crippen LogP contribution in [-0.2, 0) is 22.6 Å². The highest BCUT2D eigenvalue weighted by Gasteiger charge is 2.31. The first kappa shape index (κ1) is 20.7. The van der Waals surface area contributed by atoms with Gasteiger partial charge in [-0.2, -0.15) is 0 Å². The van der Waals surface area contributed by atoms with Gasteiger partial charge in [0.05, 0.1) is 18.7 Å². The van der Waals surface area contributed by atoms with E-state index in [-0.39, 0.29) is 19.3 Å². The number of rotatable bonds is 7. The maximum atomic E-state index is 12.8. The second kappa shape index (κ2) is 10.5. The van der Waals surface area contributed by atoms with Crippen molar-refractivity contribution in [3.8, 4) is 0 Å². The lowest BCUT2D eigenvalue weighted by atomic mass is 10.0. The number of aliphatic hydroxyl groups excluding tert-OH is 1. The van der Waals surface area contributed by atoms with E-state index in [0.717, 1.165) is 11.1 Å². The molecule has 1 fully saturated rings. The number of hydrogen-bond acceptors (Lipinski definition) is 5. The zero-order valence-corrected chi connectivity index (χ0v) is 16.0. The van der Waals surface area contributed by atoms with Crippen LogP contribution in [0.1, 0.15) is 24.0 Å². The van der Waals surface area contributed by atoms with E-state index >= 15 is 0 Å². The average Bonchev–Trinajstić information content (AvgIpc) is 2.75. The number of amides is 1. The third-order valence-electron chi connectivity index (χ3n) is 4.75. The maximum Gasteiger partial charge on any atom is 0.410 e. The first-order chi connectivity index (χ1) is 14.2. The van der Waals surface area contributed by atoms with Crippen molar-refractivity contribution < 1.29 is 19.4 Å². The molecule has 1 aliphatic rings. The summed E-state index contributed by atoms with van der Waals surface area (Å²) in [7, 11) is 0. The average molecular weight is 396 g/mol. The molecule has 1 heterocycles. The summed E-state index contributed by atoms with van der Waals surface area (Å²) in [6.07, 6.45) is -0.939. The molecular weight excluding hydrogens is 372 g/mol. The van der Waals surface area contributed by atoms with E-state index in [1.165, 1.54) is 0 Å². The molecule has 0 radical (unpaired) electrons. The van der Waals surface area contributed by atoms with E-state index in [1.54, 1.807) is 4.90 Å². The largest absolute Gasteiger partial charge is 0.445 e. The van der Waals surface area contributed by atoms with E-state index in [0.29, 0.717) is 19.4 Å². The molecular formula is C21H24N4O4. The summed E-state index contributed by atoms with van der Waals surface area (Å²) >= 11 is 0. The van der Waals surface area contributed by atoms with Gasteiger partial charge in [0, 0.05) is 11.5 Å². The van der Waals surface area contributed by atoms with E-state index < -0.39 is 18.4 Å². The summed E-state index contributed by atoms with van der Waals surface area (Å²) in [6, 6.07) is 18.5. The van der Waals surface area contributed by atoms with Crippen molar-refractivity contribution >= 4 is 6.09 Å². The van der Waals surface area contributed by atoms with Gasteiger partial charge in [-0.15, -0.1) is 0 Å². The van der Waals surface area contributed by atoms with Crippen LogP contribution in [0.2, 0.25) is 0 Å². The Kier molecular flexibility index (Phi) is 7.47. The number of aliphatic hydroxyl groups is 1. The van der Waals surface area contributed by atoms with Gasteiger partial charge < -0.3 is 19.5 Å². The summed E-state index contributed by atoms with van der Waals surface area (Å²) in [5.41, 5.74) is 10.4. The minimum atomic E-state index is -1.18. The lowest BCUT2D eigenvalue weighted by molar-refractivity contribution is -0.175. The van der Waals surface area contributed by atoms with Crippen LogP contribution >= 0.6 is 0 Å². The summed E-state index contributed by atoms with van der Waals surface area (Å²) in [6.45, 7) is 0.810. The van der Waals surface area contributed by atoms with Crippen LogP contribution in [0.4, 0.5) is 4.79 Å². The minimum Gasteiger partial charge on any atom is -0.445 e. The lowest BCUT2D eigenvalue weighted by Gasteiger charge is -2.34. The SMILES string of the molecule is [N-]=[N+]=N[C@H]1CC[C@@H](CN(Cc2ccccc2)C(=O)OCc2ccccc2)O[C@@H]1O. The van der Waals surface area contributed by atoms with Crippen molar-refractivity contribution in [2.24, 2.45) is 5.11 Å². The second-order valence-corrected chi connectivity index (χ2v) is 6.90. The fraction of sp³-hybridized carbons (Fsp3) is 0.381. The monoisotopic (exact) mass is 396 g/mol. The minimum absolute atomic E-state index is 0.179. The number of ether oxygens (including phenoxy) is 2. The van der Waals surface area contributed by atoms with Crippen LogP contribution in [-0.4, -0.2) is 41.1 Å². The summed E-state index contributed by atoms with van der Waals surface area (Å²) < 4.78 is 11.1. The molecule has 29 heavy (non-hydrogen) atoms. The standard InChI is InChI=1S/C21H24N4O4/c22-24-23-19-12-11-18(29-20(19)26)14-25(13-16-7-3-1-4-8-16)21(27)28-15-17-9-5-2-6-10-17/h1-10,18-20,26H,11-15H2/t18-,19-,20-/m0/s1. The third-order valence-corrected chi connectivity index (χ3v) is 4.75. The Morgan fingerprint density at radius 2 is 1.79 bits per heavy atom. The molecule has 0 unspecified atom stereocenters. The number of carbonyl (C=O) groups excluding carboxylic acids is 1. The molecule has 1 amide bonds. The van der Waals surface area contributed by atoms with Gasteiger partial charge in [0.1, 0.15) is 6.61 Å². The molecule has 0 spiro atoms. The van der Waals surface area contributed by atoms with Gasteiger partial charge >= 0.3 is 6.09 Å². The summed E-state index contributed by atoms with van der Waals surface area (Å²) in [5, 5.41) is 13.6. The van der Waals surface area contributed by atoms with Crippen molar-refractivity contribution in [3.63, 3.8) is 0 Å². The maximum absolute atomic E-state index is 12.8. The highest BCUT2D eigenvalue weighted by molar-refractivity contribution is 5.67. The molecule has 0 saturated carbocycles. The number of azide groups is 1. The molecule has 0 aromatic heterocycles. The lowest BCUT2D eigenvalue weighted by Crippen LogP contribution is -2.45. The molecule has 0 aliphatic carbocycles. The smallest absolute Gasteiger partial charge is 0.410 e. The second-order valence-electron chi connectivity index (χ2n) is 6.90. The van der Waals surface area contributed by atoms with Crippen molar-refractivity contribution in [2.45, 2.75) is 44.4 Å². The molecule has 8 heteroatoms. The van der Waals surface area contributed by atoms with E-state index in [4.69, 9.17) is 15.0 Å². The van der Waals surface area contributed by atoms with Gasteiger partial charge in [-0.25, -0.2) is 4.79 Å². The molecule has 8 nitrogen and oxygen atoms in total. The molecule has 2 aromatic rings. The van der Waals surface area contributed by atoms with Crippen LogP contribution in [0.3, 0.4) is 0 Å². The predicted octanol–water partition coefficient (Wildman–Crippen LogP) is 4.00. The van der Waals surface area contributed by atoms with Crippen LogP contribution in [0.25, 0.3) is 10.4 Å². The fourth-order valence-electron chi connectivity index (χ4n) is 3.23. The molecule has 1 saturated heterocycles. The highest BCUT2D eigenvalue weighted by Crippen LogP contribution is 2.22. The number of carbonyl (C=O) groups is 1. The van der Waals surface area contributed by atoms with Gasteiger partial charge in [-0.3, -0.25) is 0 Å². The Hall–Kier alpha value is -3.06. The zero-order valence-electron chi connectivity index (χ0n) is 16.0. The van der Waals surface area contributed by atoms with Gasteiger partial charge in [0.25, 0.3) is 0 Å². The van der Waals surface area contributed by atoms with Crippen LogP contribution in [0, 0.1) is 0 Å². The summed E-state index contributed by atoms with van der Waals surface area (Å²) in [5.74, 6) is 0. The molecule has 3 atom stereocenters. The first-order valence-electron chi connectivity index (χ1n) is 9.53. The van der Waals surface area contributed by atoms with Gasteiger partial charge in [0.2, 0.25) is 0 Å². The molecule has 1 aliphatic heterocycles. The Balaban J connectivity index is 1.64. The quantitative estimate of drug-likeness (QED) is 0.433. The molecule has 152 valence electrons. The van der Waals surface area contributed by atoms with Gasteiger partial charge in [0.15, 0.2) is 6.29 Å². The Labute approximate surface area is 169 Å². The van der Waals surface area contributed by atoms with Crippen molar-refractivity contribution in [1.82, 2.24) is 4.90 Å². The number of benzene rings is 2. The first-order valence-corrected chi connectivity index (χ1v) is 9.53. The summed E-state index contributed by atoms with van der Waals surface area (Å²) in [4.78, 5) is 17.1. The van der Waals surface area contributed by atoms with Crippen LogP contribution in [0.15, 0.2) is 65.8 Å². The topological polar surface area (TPSA) is 108 Å². The molecule has 1 N–H and O–H groups in total. The zero-order chi connectivity index (χ0) is 20.5. The Morgan fingerprint density at radius 1 is 1.14 bits per heavy atom. The normalized spacial score (nSPS) is 21.1. The van der Waals surface area contributed by atoms with Gasteiger partial charge in [-0.1, -0.05) is 65.8 Å². The third kappa shape index (κ3) is 6.22. The van der Waals surface area contributed by atoms with E-state index in [1.807, 2.05) is 60.7 Å². The van der Waals surface area contributed by atoms with Crippen molar-refractivity contribution in [2.75, 3.05) is 6.54 Å². The Bertz CT molecular complexity index is 827. The van der Waals surface area contributed by atoms with E-state index in [9.17, 15) is 9.90 Å². The van der Waals surface area contributed by atoms with Gasteiger partial charge in [-0.05, 0) is 29.5 Å². The number of nitrogens with zero attached hydrogens (tertiary/aromatic N) is 4.